The number of hydrogen-bond acceptors (Lipinski definition) is 4. The number of pyridine rings is 1. The van der Waals surface area contributed by atoms with Gasteiger partial charge in [-0.05, 0) is 31.0 Å². The van der Waals surface area contributed by atoms with Crippen molar-refractivity contribution in [3.05, 3.63) is 53.2 Å². The maximum absolute atomic E-state index is 11.9. The number of nitrogens with zero attached hydrogens (tertiary/aromatic N) is 1. The number of aromatic nitrogens is 1. The lowest BCUT2D eigenvalue weighted by Crippen LogP contribution is -2.22. The molecule has 0 bridgehead atoms. The summed E-state index contributed by atoms with van der Waals surface area (Å²) in [7, 11) is 0. The highest BCUT2D eigenvalue weighted by Crippen LogP contribution is 2.22. The Morgan fingerprint density at radius 1 is 1.24 bits per heavy atom. The highest BCUT2D eigenvalue weighted by atomic mass is 16.5. The summed E-state index contributed by atoms with van der Waals surface area (Å²) in [5.74, 6) is 0.761. The molecular weight excluding hydrogens is 268 g/mol. The molecule has 0 radical (unpaired) electrons. The summed E-state index contributed by atoms with van der Waals surface area (Å²) in [6, 6.07) is 9.22. The van der Waals surface area contributed by atoms with Gasteiger partial charge < -0.3 is 15.2 Å². The number of para-hydroxylation sites is 1. The quantitative estimate of drug-likeness (QED) is 0.884. The molecule has 110 valence electrons. The minimum Gasteiger partial charge on any atom is -0.483 e. The van der Waals surface area contributed by atoms with Crippen LogP contribution in [0.25, 0.3) is 0 Å². The number of aliphatic hydroxyl groups is 1. The molecule has 2 rings (SSSR count). The van der Waals surface area contributed by atoms with Gasteiger partial charge >= 0.3 is 0 Å². The molecule has 1 amide bonds. The molecular formula is C16H18N2O3. The maximum Gasteiger partial charge on any atom is 0.263 e. The summed E-state index contributed by atoms with van der Waals surface area (Å²) < 4.78 is 5.57. The van der Waals surface area contributed by atoms with Crippen molar-refractivity contribution in [2.24, 2.45) is 0 Å². The van der Waals surface area contributed by atoms with Gasteiger partial charge in [0.15, 0.2) is 6.61 Å². The summed E-state index contributed by atoms with van der Waals surface area (Å²) >= 11 is 0. The van der Waals surface area contributed by atoms with Crippen molar-refractivity contribution in [1.82, 2.24) is 4.98 Å². The van der Waals surface area contributed by atoms with Crippen molar-refractivity contribution >= 4 is 11.7 Å². The SMILES string of the molecule is Cc1cccc(C)c1OCC(=O)Nc1ncccc1CO. The van der Waals surface area contributed by atoms with Crippen LogP contribution >= 0.6 is 0 Å². The molecule has 0 saturated carbocycles. The zero-order chi connectivity index (χ0) is 15.2. The van der Waals surface area contributed by atoms with Crippen LogP contribution in [0, 0.1) is 13.8 Å². The minimum absolute atomic E-state index is 0.104. The first-order valence-electron chi connectivity index (χ1n) is 6.65. The molecule has 1 aromatic carbocycles. The van der Waals surface area contributed by atoms with E-state index < -0.39 is 0 Å². The molecule has 2 N–H and O–H groups in total. The minimum atomic E-state index is -0.314. The number of carbonyl (C=O) groups is 1. The van der Waals surface area contributed by atoms with Crippen molar-refractivity contribution in [2.45, 2.75) is 20.5 Å². The molecule has 5 nitrogen and oxygen atoms in total. The Kier molecular flexibility index (Phi) is 4.90. The van der Waals surface area contributed by atoms with E-state index in [1.165, 1.54) is 0 Å². The van der Waals surface area contributed by atoms with Gasteiger partial charge in [-0.25, -0.2) is 4.98 Å². The Bertz CT molecular complexity index is 621. The van der Waals surface area contributed by atoms with Gasteiger partial charge in [-0.2, -0.15) is 0 Å². The first-order valence-corrected chi connectivity index (χ1v) is 6.65. The molecule has 0 spiro atoms. The fourth-order valence-corrected chi connectivity index (χ4v) is 2.01. The van der Waals surface area contributed by atoms with Crippen LogP contribution in [0.1, 0.15) is 16.7 Å². The summed E-state index contributed by atoms with van der Waals surface area (Å²) in [6.45, 7) is 3.58. The van der Waals surface area contributed by atoms with E-state index in [0.717, 1.165) is 16.9 Å². The van der Waals surface area contributed by atoms with Crippen molar-refractivity contribution in [3.63, 3.8) is 0 Å². The molecule has 0 atom stereocenters. The topological polar surface area (TPSA) is 71.5 Å². The Hall–Kier alpha value is -2.40. The molecule has 0 fully saturated rings. The zero-order valence-corrected chi connectivity index (χ0v) is 12.1. The Morgan fingerprint density at radius 3 is 2.62 bits per heavy atom. The van der Waals surface area contributed by atoms with Crippen molar-refractivity contribution in [2.75, 3.05) is 11.9 Å². The lowest BCUT2D eigenvalue weighted by molar-refractivity contribution is -0.118. The third kappa shape index (κ3) is 3.79. The molecule has 5 heteroatoms. The number of ether oxygens (including phenoxy) is 1. The molecule has 0 saturated heterocycles. The van der Waals surface area contributed by atoms with E-state index in [1.54, 1.807) is 18.3 Å². The molecule has 0 aliphatic heterocycles. The van der Waals surface area contributed by atoms with Crippen LogP contribution in [0.5, 0.6) is 5.75 Å². The Balaban J connectivity index is 1.99. The van der Waals surface area contributed by atoms with Crippen molar-refractivity contribution < 1.29 is 14.6 Å². The van der Waals surface area contributed by atoms with Crippen LogP contribution < -0.4 is 10.1 Å². The second-order valence-corrected chi connectivity index (χ2v) is 4.73. The Labute approximate surface area is 123 Å². The number of hydrogen-bond donors (Lipinski definition) is 2. The number of benzene rings is 1. The van der Waals surface area contributed by atoms with E-state index in [9.17, 15) is 9.90 Å². The fraction of sp³-hybridized carbons (Fsp3) is 0.250. The van der Waals surface area contributed by atoms with Gasteiger partial charge in [0.1, 0.15) is 11.6 Å². The zero-order valence-electron chi connectivity index (χ0n) is 12.1. The normalized spacial score (nSPS) is 10.2. The average molecular weight is 286 g/mol. The third-order valence-corrected chi connectivity index (χ3v) is 3.08. The average Bonchev–Trinajstić information content (AvgIpc) is 2.47. The number of anilines is 1. The van der Waals surface area contributed by atoms with E-state index >= 15 is 0 Å². The number of aliphatic hydroxyl groups excluding tert-OH is 1. The van der Waals surface area contributed by atoms with E-state index in [2.05, 4.69) is 10.3 Å². The lowest BCUT2D eigenvalue weighted by atomic mass is 10.1. The standard InChI is InChI=1S/C16H18N2O3/c1-11-5-3-6-12(2)15(11)21-10-14(20)18-16-13(9-19)7-4-8-17-16/h3-8,19H,9-10H2,1-2H3,(H,17,18,20). The third-order valence-electron chi connectivity index (χ3n) is 3.08. The van der Waals surface area contributed by atoms with Gasteiger partial charge in [0, 0.05) is 11.8 Å². The number of aryl methyl sites for hydroxylation is 2. The van der Waals surface area contributed by atoms with E-state index in [4.69, 9.17) is 4.74 Å². The second-order valence-electron chi connectivity index (χ2n) is 4.73. The molecule has 1 aromatic heterocycles. The van der Waals surface area contributed by atoms with Crippen LogP contribution in [-0.2, 0) is 11.4 Å². The number of nitrogens with one attached hydrogen (secondary N) is 1. The summed E-state index contributed by atoms with van der Waals surface area (Å²) in [6.07, 6.45) is 1.56. The van der Waals surface area contributed by atoms with Crippen LogP contribution in [0.2, 0.25) is 0 Å². The van der Waals surface area contributed by atoms with Gasteiger partial charge in [0.2, 0.25) is 0 Å². The number of carbonyl (C=O) groups excluding carboxylic acids is 1. The van der Waals surface area contributed by atoms with Gasteiger partial charge in [-0.3, -0.25) is 4.79 Å². The number of rotatable bonds is 5. The number of amides is 1. The molecule has 1 heterocycles. The molecule has 0 unspecified atom stereocenters. The monoisotopic (exact) mass is 286 g/mol. The van der Waals surface area contributed by atoms with Gasteiger partial charge in [0.25, 0.3) is 5.91 Å². The lowest BCUT2D eigenvalue weighted by Gasteiger charge is -2.12. The molecule has 0 aliphatic carbocycles. The van der Waals surface area contributed by atoms with E-state index in [1.807, 2.05) is 32.0 Å². The van der Waals surface area contributed by atoms with Crippen LogP contribution in [0.3, 0.4) is 0 Å². The second kappa shape index (κ2) is 6.85. The predicted molar refractivity (Wildman–Crippen MR) is 80.2 cm³/mol. The molecule has 2 aromatic rings. The van der Waals surface area contributed by atoms with Gasteiger partial charge in [0.05, 0.1) is 6.61 Å². The summed E-state index contributed by atoms with van der Waals surface area (Å²) in [4.78, 5) is 16.0. The molecule has 21 heavy (non-hydrogen) atoms. The Morgan fingerprint density at radius 2 is 1.95 bits per heavy atom. The largest absolute Gasteiger partial charge is 0.483 e. The van der Waals surface area contributed by atoms with Crippen LogP contribution in [0.4, 0.5) is 5.82 Å². The predicted octanol–water partition coefficient (Wildman–Crippen LogP) is 2.21. The summed E-state index contributed by atoms with van der Waals surface area (Å²) in [5.41, 5.74) is 2.53. The first kappa shape index (κ1) is 15.0. The maximum atomic E-state index is 11.9. The summed E-state index contributed by atoms with van der Waals surface area (Å²) in [5, 5.41) is 11.8. The van der Waals surface area contributed by atoms with Crippen molar-refractivity contribution in [3.8, 4) is 5.75 Å². The van der Waals surface area contributed by atoms with E-state index in [-0.39, 0.29) is 19.1 Å². The van der Waals surface area contributed by atoms with Gasteiger partial charge in [-0.1, -0.05) is 24.3 Å². The van der Waals surface area contributed by atoms with E-state index in [0.29, 0.717) is 11.4 Å². The highest BCUT2D eigenvalue weighted by molar-refractivity contribution is 5.91. The first-order chi connectivity index (χ1) is 10.1. The smallest absolute Gasteiger partial charge is 0.263 e. The van der Waals surface area contributed by atoms with Crippen molar-refractivity contribution in [1.29, 1.82) is 0 Å². The highest BCUT2D eigenvalue weighted by Gasteiger charge is 2.10. The molecule has 0 aliphatic rings. The van der Waals surface area contributed by atoms with Gasteiger partial charge in [-0.15, -0.1) is 0 Å². The van der Waals surface area contributed by atoms with Crippen LogP contribution in [-0.4, -0.2) is 22.6 Å². The van der Waals surface area contributed by atoms with Crippen LogP contribution in [0.15, 0.2) is 36.5 Å². The fourth-order valence-electron chi connectivity index (χ4n) is 2.01.